The van der Waals surface area contributed by atoms with Gasteiger partial charge in [0.15, 0.2) is 0 Å². The molecular weight excluding hydrogens is 657 g/mol. The second-order valence-electron chi connectivity index (χ2n) is 15.7. The van der Waals surface area contributed by atoms with E-state index in [0.29, 0.717) is 17.8 Å². The Balaban J connectivity index is 1.24. The monoisotopic (exact) mass is 712 g/mol. The molecule has 0 saturated carbocycles. The van der Waals surface area contributed by atoms with E-state index in [4.69, 9.17) is 9.98 Å². The van der Waals surface area contributed by atoms with Crippen molar-refractivity contribution in [1.82, 2.24) is 10.2 Å². The molecule has 0 spiro atoms. The number of nitrogens with zero attached hydrogens (tertiary/aromatic N) is 3. The quantitative estimate of drug-likeness (QED) is 0.114. The van der Waals surface area contributed by atoms with Crippen LogP contribution in [0.2, 0.25) is 0 Å². The van der Waals surface area contributed by atoms with E-state index in [0.717, 1.165) is 54.8 Å². The summed E-state index contributed by atoms with van der Waals surface area (Å²) in [4.78, 5) is 13.2. The van der Waals surface area contributed by atoms with Crippen molar-refractivity contribution in [3.8, 4) is 0 Å². The molecule has 6 aliphatic rings. The number of amidine groups is 1. The van der Waals surface area contributed by atoms with Gasteiger partial charge in [0.05, 0.1) is 17.9 Å². The van der Waals surface area contributed by atoms with Crippen LogP contribution >= 0.6 is 0 Å². The molecule has 5 aliphatic carbocycles. The molecule has 276 valence electrons. The van der Waals surface area contributed by atoms with Crippen LogP contribution < -0.4 is 5.32 Å². The third-order valence-corrected chi connectivity index (χ3v) is 12.0. The third kappa shape index (κ3) is 8.53. The first-order valence-corrected chi connectivity index (χ1v) is 20.1. The van der Waals surface area contributed by atoms with Crippen molar-refractivity contribution in [2.75, 3.05) is 7.05 Å². The van der Waals surface area contributed by atoms with Crippen LogP contribution in [0.15, 0.2) is 184 Å². The number of hydrogen-bond donors (Lipinski definition) is 1. The molecular formula is C50H56N4. The van der Waals surface area contributed by atoms with E-state index in [1.54, 1.807) is 0 Å². The Morgan fingerprint density at radius 3 is 2.63 bits per heavy atom. The van der Waals surface area contributed by atoms with Gasteiger partial charge in [-0.2, -0.15) is 0 Å². The van der Waals surface area contributed by atoms with Crippen LogP contribution in [0.4, 0.5) is 0 Å². The topological polar surface area (TPSA) is 40.0 Å². The van der Waals surface area contributed by atoms with E-state index in [1.165, 1.54) is 35.1 Å². The van der Waals surface area contributed by atoms with Crippen molar-refractivity contribution in [2.45, 2.75) is 77.2 Å². The molecule has 0 amide bonds. The maximum absolute atomic E-state index is 5.41. The summed E-state index contributed by atoms with van der Waals surface area (Å²) in [5.74, 6) is 3.05. The van der Waals surface area contributed by atoms with Crippen LogP contribution in [0.25, 0.3) is 0 Å². The van der Waals surface area contributed by atoms with Crippen LogP contribution in [-0.2, 0) is 0 Å². The summed E-state index contributed by atoms with van der Waals surface area (Å²) < 4.78 is 0. The minimum absolute atomic E-state index is 0.000198. The zero-order valence-corrected chi connectivity index (χ0v) is 32.4. The number of nitrogens with one attached hydrogen (secondary N) is 1. The minimum atomic E-state index is -0.0329. The van der Waals surface area contributed by atoms with Crippen LogP contribution in [0, 0.1) is 29.6 Å². The lowest BCUT2D eigenvalue weighted by Crippen LogP contribution is -2.59. The van der Waals surface area contributed by atoms with Crippen LogP contribution in [0.1, 0.15) is 70.4 Å². The number of benzene rings is 1. The van der Waals surface area contributed by atoms with Gasteiger partial charge in [-0.25, -0.2) is 4.99 Å². The lowest BCUT2D eigenvalue weighted by molar-refractivity contribution is 0.102. The fraction of sp³-hybridized carbons (Fsp3) is 0.360. The van der Waals surface area contributed by atoms with Crippen molar-refractivity contribution >= 4 is 11.5 Å². The second kappa shape index (κ2) is 17.4. The van der Waals surface area contributed by atoms with Gasteiger partial charge in [0.2, 0.25) is 0 Å². The average Bonchev–Trinajstić information content (AvgIpc) is 3.41. The highest BCUT2D eigenvalue weighted by atomic mass is 15.4. The summed E-state index contributed by atoms with van der Waals surface area (Å²) >= 11 is 0. The van der Waals surface area contributed by atoms with Gasteiger partial charge in [-0.05, 0) is 123 Å². The Kier molecular flexibility index (Phi) is 12.1. The summed E-state index contributed by atoms with van der Waals surface area (Å²) in [6.45, 7) is 13.6. The first-order chi connectivity index (χ1) is 26.4. The molecule has 1 aromatic rings. The summed E-state index contributed by atoms with van der Waals surface area (Å²) in [5.41, 5.74) is 14.3. The SMILES string of the molecule is C=C/C(=C\C(=NC(C)c1ccccc1)C1=CCC(C2C=CCCC2C)C=C1)C1=CC(C2NC(C3=CC=CCC3)=NC(C3C=C=C=CC3)N2C)C(=C)CC=C1. The van der Waals surface area contributed by atoms with E-state index < -0.39 is 0 Å². The average molecular weight is 713 g/mol. The van der Waals surface area contributed by atoms with E-state index in [2.05, 4.69) is 171 Å². The molecule has 54 heavy (non-hydrogen) atoms. The van der Waals surface area contributed by atoms with Crippen molar-refractivity contribution in [2.24, 2.45) is 39.6 Å². The Morgan fingerprint density at radius 1 is 1.04 bits per heavy atom. The number of allylic oxidation sites excluding steroid dienone is 16. The fourth-order valence-electron chi connectivity index (χ4n) is 8.70. The Morgan fingerprint density at radius 2 is 1.91 bits per heavy atom. The van der Waals surface area contributed by atoms with Gasteiger partial charge in [-0.3, -0.25) is 9.89 Å². The molecule has 4 heteroatoms. The lowest BCUT2D eigenvalue weighted by atomic mass is 9.74. The van der Waals surface area contributed by atoms with E-state index >= 15 is 0 Å². The highest BCUT2D eigenvalue weighted by Gasteiger charge is 2.38. The Labute approximate surface area is 324 Å². The number of aliphatic imine (C=N–C) groups is 2. The minimum Gasteiger partial charge on any atom is -0.354 e. The van der Waals surface area contributed by atoms with Gasteiger partial charge in [0.25, 0.3) is 0 Å². The highest BCUT2D eigenvalue weighted by Crippen LogP contribution is 2.37. The molecule has 1 aliphatic heterocycles. The van der Waals surface area contributed by atoms with Gasteiger partial charge in [0.1, 0.15) is 12.0 Å². The normalized spacial score (nSPS) is 30.6. The van der Waals surface area contributed by atoms with E-state index in [-0.39, 0.29) is 30.2 Å². The molecule has 7 rings (SSSR count). The standard InChI is InChI=1S/C50H56N4/c1-6-38(34-47(51-37(4)39-21-10-7-11-22-39)41-31-29-40(30-32-41)45-28-17-16-19-35(45)2)44-27-18-20-36(3)46(33-44)50-53-48(42-23-12-8-13-24-42)52-49(54(50)5)43-25-14-9-15-26-43/h6-8,10-12,14,17-18,21-23,26-29,31-35,37,40,43,45-46,49-50H,1,3,13,16,19-20,24-25,30H2,2,4-5H3,(H,52,53)/b38-34+,51-47?. The zero-order valence-electron chi connectivity index (χ0n) is 32.4. The summed E-state index contributed by atoms with van der Waals surface area (Å²) in [6.07, 6.45) is 41.1. The molecule has 8 atom stereocenters. The van der Waals surface area contributed by atoms with E-state index in [1.807, 2.05) is 6.08 Å². The Bertz CT molecular complexity index is 2010. The molecule has 0 radical (unpaired) electrons. The second-order valence-corrected chi connectivity index (χ2v) is 15.7. The fourth-order valence-corrected chi connectivity index (χ4v) is 8.70. The third-order valence-electron chi connectivity index (χ3n) is 12.0. The van der Waals surface area contributed by atoms with Gasteiger partial charge >= 0.3 is 0 Å². The summed E-state index contributed by atoms with van der Waals surface area (Å²) in [7, 11) is 2.20. The number of rotatable bonds is 10. The zero-order chi connectivity index (χ0) is 37.4. The molecule has 0 bridgehead atoms. The molecule has 8 unspecified atom stereocenters. The molecule has 0 aromatic heterocycles. The molecule has 1 N–H and O–H groups in total. The molecule has 4 nitrogen and oxygen atoms in total. The van der Waals surface area contributed by atoms with Gasteiger partial charge in [-0.1, -0.05) is 140 Å². The highest BCUT2D eigenvalue weighted by molar-refractivity contribution is 6.11. The van der Waals surface area contributed by atoms with Crippen molar-refractivity contribution < 1.29 is 0 Å². The summed E-state index contributed by atoms with van der Waals surface area (Å²) in [5, 5.41) is 3.91. The molecule has 1 aromatic carbocycles. The molecule has 1 heterocycles. The largest absolute Gasteiger partial charge is 0.354 e. The predicted molar refractivity (Wildman–Crippen MR) is 228 cm³/mol. The van der Waals surface area contributed by atoms with Crippen LogP contribution in [0.5, 0.6) is 0 Å². The summed E-state index contributed by atoms with van der Waals surface area (Å²) in [6, 6.07) is 10.6. The maximum Gasteiger partial charge on any atom is 0.127 e. The van der Waals surface area contributed by atoms with E-state index in [9.17, 15) is 0 Å². The van der Waals surface area contributed by atoms with Crippen molar-refractivity contribution in [3.63, 3.8) is 0 Å². The van der Waals surface area contributed by atoms with Crippen LogP contribution in [0.3, 0.4) is 0 Å². The Hall–Kier alpha value is -4.98. The smallest absolute Gasteiger partial charge is 0.127 e. The van der Waals surface area contributed by atoms with Gasteiger partial charge in [-0.15, -0.1) is 0 Å². The van der Waals surface area contributed by atoms with Crippen LogP contribution in [-0.4, -0.2) is 35.8 Å². The first kappa shape index (κ1) is 37.3. The van der Waals surface area contributed by atoms with Gasteiger partial charge in [0, 0.05) is 11.8 Å². The first-order valence-electron chi connectivity index (χ1n) is 20.1. The number of hydrogen-bond acceptors (Lipinski definition) is 4. The van der Waals surface area contributed by atoms with Crippen molar-refractivity contribution in [3.05, 3.63) is 180 Å². The molecule has 0 fully saturated rings. The van der Waals surface area contributed by atoms with Crippen molar-refractivity contribution in [1.29, 1.82) is 0 Å². The molecule has 0 saturated heterocycles. The van der Waals surface area contributed by atoms with Gasteiger partial charge < -0.3 is 5.32 Å². The maximum atomic E-state index is 5.41. The predicted octanol–water partition coefficient (Wildman–Crippen LogP) is 11.2. The lowest BCUT2D eigenvalue weighted by Gasteiger charge is -2.44.